The van der Waals surface area contributed by atoms with E-state index < -0.39 is 5.79 Å². The van der Waals surface area contributed by atoms with Crippen molar-refractivity contribution < 1.29 is 10.2 Å². The van der Waals surface area contributed by atoms with Gasteiger partial charge < -0.3 is 10.2 Å². The lowest BCUT2D eigenvalue weighted by Gasteiger charge is -2.33. The molecule has 3 aliphatic carbocycles. The number of rotatable bonds is 0. The second-order valence-electron chi connectivity index (χ2n) is 9.01. The van der Waals surface area contributed by atoms with Crippen LogP contribution in [0.5, 0.6) is 0 Å². The number of fused-ring (bicyclic) bond motifs is 4. The van der Waals surface area contributed by atoms with Crippen molar-refractivity contribution in [2.45, 2.75) is 63.6 Å². The molecule has 0 amide bonds. The monoisotopic (exact) mass is 310 g/mol. The molecule has 0 bridgehead atoms. The predicted octanol–water partition coefficient (Wildman–Crippen LogP) is 3.97. The van der Waals surface area contributed by atoms with Gasteiger partial charge in [-0.1, -0.05) is 58.0 Å². The van der Waals surface area contributed by atoms with Crippen molar-refractivity contribution in [2.75, 3.05) is 0 Å². The molecule has 0 aromatic heterocycles. The number of allylic oxidation sites excluding steroid dienone is 2. The molecule has 1 fully saturated rings. The van der Waals surface area contributed by atoms with Gasteiger partial charge in [0.05, 0.1) is 0 Å². The largest absolute Gasteiger partial charge is 0.362 e. The van der Waals surface area contributed by atoms with Crippen LogP contribution in [-0.2, 0) is 10.8 Å². The molecule has 4 rings (SSSR count). The van der Waals surface area contributed by atoms with Crippen LogP contribution in [-0.4, -0.2) is 16.0 Å². The zero-order valence-electron chi connectivity index (χ0n) is 14.5. The summed E-state index contributed by atoms with van der Waals surface area (Å²) in [6.45, 7) is 9.20. The number of hydrogen-bond donors (Lipinski definition) is 2. The molecule has 0 radical (unpaired) electrons. The molecule has 2 nitrogen and oxygen atoms in total. The molecule has 0 aliphatic heterocycles. The molecule has 122 valence electrons. The Labute approximate surface area is 138 Å². The molecular weight excluding hydrogens is 284 g/mol. The van der Waals surface area contributed by atoms with E-state index in [1.165, 1.54) is 16.7 Å². The molecule has 0 heterocycles. The lowest BCUT2D eigenvalue weighted by Crippen LogP contribution is -2.32. The zero-order valence-corrected chi connectivity index (χ0v) is 14.5. The van der Waals surface area contributed by atoms with Crippen LogP contribution in [0.25, 0.3) is 0 Å². The van der Waals surface area contributed by atoms with E-state index in [1.54, 1.807) is 6.08 Å². The van der Waals surface area contributed by atoms with Gasteiger partial charge in [0, 0.05) is 11.8 Å². The average Bonchev–Trinajstić information content (AvgIpc) is 2.78. The highest BCUT2D eigenvalue weighted by molar-refractivity contribution is 5.62. The van der Waals surface area contributed by atoms with Gasteiger partial charge in [0.15, 0.2) is 5.79 Å². The summed E-state index contributed by atoms with van der Waals surface area (Å²) in [7, 11) is 0. The fraction of sp³-hybridized carbons (Fsp3) is 0.524. The average molecular weight is 310 g/mol. The summed E-state index contributed by atoms with van der Waals surface area (Å²) in [5, 5.41) is 20.5. The first-order valence-electron chi connectivity index (χ1n) is 8.57. The summed E-state index contributed by atoms with van der Waals surface area (Å²) >= 11 is 0. The molecule has 3 aliphatic rings. The minimum absolute atomic E-state index is 0.0653. The highest BCUT2D eigenvalue weighted by Gasteiger charge is 2.58. The summed E-state index contributed by atoms with van der Waals surface area (Å²) < 4.78 is 0. The van der Waals surface area contributed by atoms with Gasteiger partial charge in [-0.2, -0.15) is 0 Å². The fourth-order valence-corrected chi connectivity index (χ4v) is 5.55. The molecule has 1 saturated carbocycles. The molecule has 1 atom stereocenters. The third-order valence-corrected chi connectivity index (χ3v) is 6.18. The van der Waals surface area contributed by atoms with Crippen molar-refractivity contribution in [3.8, 4) is 0 Å². The van der Waals surface area contributed by atoms with Crippen LogP contribution in [0.15, 0.2) is 47.6 Å². The van der Waals surface area contributed by atoms with Gasteiger partial charge in [-0.15, -0.1) is 0 Å². The standard InChI is InChI=1S/C21H26O2/c1-18(2)12-20(16-8-6-5-7-14(16)18)13-19(3,4)15-9-10-21(22,23)11-17(15)20/h5-9,11,22-23H,10,12-13H2,1-4H3. The van der Waals surface area contributed by atoms with Crippen molar-refractivity contribution in [1.29, 1.82) is 0 Å². The van der Waals surface area contributed by atoms with Gasteiger partial charge in [-0.05, 0) is 52.0 Å². The number of benzene rings is 1. The Balaban J connectivity index is 2.00. The first-order valence-corrected chi connectivity index (χ1v) is 8.57. The van der Waals surface area contributed by atoms with E-state index in [-0.39, 0.29) is 22.7 Å². The van der Waals surface area contributed by atoms with Crippen molar-refractivity contribution in [3.63, 3.8) is 0 Å². The van der Waals surface area contributed by atoms with E-state index >= 15 is 0 Å². The van der Waals surface area contributed by atoms with Crippen LogP contribution in [0, 0.1) is 5.41 Å². The minimum atomic E-state index is -1.71. The maximum absolute atomic E-state index is 10.2. The Morgan fingerprint density at radius 2 is 1.43 bits per heavy atom. The summed E-state index contributed by atoms with van der Waals surface area (Å²) in [6, 6.07) is 8.72. The van der Waals surface area contributed by atoms with Gasteiger partial charge in [-0.3, -0.25) is 0 Å². The van der Waals surface area contributed by atoms with Gasteiger partial charge >= 0.3 is 0 Å². The third kappa shape index (κ3) is 1.95. The van der Waals surface area contributed by atoms with Gasteiger partial charge in [0.2, 0.25) is 0 Å². The Bertz CT molecular complexity index is 749. The predicted molar refractivity (Wildman–Crippen MR) is 92.1 cm³/mol. The summed E-state index contributed by atoms with van der Waals surface area (Å²) in [6.07, 6.45) is 6.14. The van der Waals surface area contributed by atoms with E-state index in [2.05, 4.69) is 58.0 Å². The van der Waals surface area contributed by atoms with Crippen LogP contribution in [0.4, 0.5) is 0 Å². The fourth-order valence-electron chi connectivity index (χ4n) is 5.55. The minimum Gasteiger partial charge on any atom is -0.362 e. The molecule has 1 aromatic carbocycles. The number of hydrogen-bond acceptors (Lipinski definition) is 2. The lowest BCUT2D eigenvalue weighted by atomic mass is 9.72. The van der Waals surface area contributed by atoms with Gasteiger partial charge in [0.25, 0.3) is 0 Å². The second-order valence-corrected chi connectivity index (χ2v) is 9.01. The SMILES string of the molecule is CC1(C)CC2(CC(C)(C)c3ccccc32)C2=CC(O)(O)CC=C21. The van der Waals surface area contributed by atoms with Gasteiger partial charge in [0.1, 0.15) is 0 Å². The van der Waals surface area contributed by atoms with E-state index in [9.17, 15) is 10.2 Å². The van der Waals surface area contributed by atoms with Crippen LogP contribution >= 0.6 is 0 Å². The van der Waals surface area contributed by atoms with Crippen LogP contribution in [0.3, 0.4) is 0 Å². The van der Waals surface area contributed by atoms with Crippen molar-refractivity contribution in [1.82, 2.24) is 0 Å². The van der Waals surface area contributed by atoms with Crippen molar-refractivity contribution >= 4 is 0 Å². The Kier molecular flexibility index (Phi) is 2.75. The van der Waals surface area contributed by atoms with E-state index in [4.69, 9.17) is 0 Å². The van der Waals surface area contributed by atoms with Crippen molar-refractivity contribution in [2.24, 2.45) is 5.41 Å². The normalized spacial score (nSPS) is 32.3. The van der Waals surface area contributed by atoms with E-state index in [0.717, 1.165) is 18.4 Å². The third-order valence-electron chi connectivity index (χ3n) is 6.18. The summed E-state index contributed by atoms with van der Waals surface area (Å²) in [5.74, 6) is -1.71. The molecule has 1 unspecified atom stereocenters. The van der Waals surface area contributed by atoms with E-state index in [0.29, 0.717) is 0 Å². The smallest absolute Gasteiger partial charge is 0.186 e. The molecular formula is C21H26O2. The highest BCUT2D eigenvalue weighted by atomic mass is 16.5. The first kappa shape index (κ1) is 15.2. The maximum atomic E-state index is 10.2. The zero-order chi connectivity index (χ0) is 16.7. The topological polar surface area (TPSA) is 40.5 Å². The summed E-state index contributed by atoms with van der Waals surface area (Å²) in [5.41, 5.74) is 5.33. The first-order chi connectivity index (χ1) is 10.6. The second kappa shape index (κ2) is 4.17. The molecule has 23 heavy (non-hydrogen) atoms. The molecule has 1 aromatic rings. The Morgan fingerprint density at radius 3 is 2.13 bits per heavy atom. The number of aliphatic hydroxyl groups is 2. The molecule has 0 saturated heterocycles. The molecule has 1 spiro atoms. The van der Waals surface area contributed by atoms with Crippen molar-refractivity contribution in [3.05, 3.63) is 58.7 Å². The Morgan fingerprint density at radius 1 is 0.826 bits per heavy atom. The maximum Gasteiger partial charge on any atom is 0.186 e. The van der Waals surface area contributed by atoms with Crippen LogP contribution < -0.4 is 0 Å². The Hall–Kier alpha value is -1.38. The lowest BCUT2D eigenvalue weighted by molar-refractivity contribution is -0.116. The van der Waals surface area contributed by atoms with E-state index in [1.807, 2.05) is 0 Å². The highest BCUT2D eigenvalue weighted by Crippen LogP contribution is 2.66. The van der Waals surface area contributed by atoms with Crippen LogP contribution in [0.2, 0.25) is 0 Å². The molecule has 2 N–H and O–H groups in total. The quantitative estimate of drug-likeness (QED) is 0.712. The molecule has 2 heteroatoms. The van der Waals surface area contributed by atoms with Gasteiger partial charge in [-0.25, -0.2) is 0 Å². The van der Waals surface area contributed by atoms with Crippen LogP contribution in [0.1, 0.15) is 58.1 Å². The summed E-state index contributed by atoms with van der Waals surface area (Å²) in [4.78, 5) is 0.